The van der Waals surface area contributed by atoms with Gasteiger partial charge in [0.05, 0.1) is 0 Å². The minimum absolute atomic E-state index is 0.891. The average Bonchev–Trinajstić information content (AvgIpc) is 1.89. The summed E-state index contributed by atoms with van der Waals surface area (Å²) in [4.78, 5) is 0. The lowest BCUT2D eigenvalue weighted by atomic mass is 10.0. The molecule has 0 rings (SSSR count). The van der Waals surface area contributed by atoms with Crippen molar-refractivity contribution >= 4 is 10.5 Å². The van der Waals surface area contributed by atoms with E-state index in [1.54, 1.807) is 0 Å². The van der Waals surface area contributed by atoms with Crippen LogP contribution in [0.5, 0.6) is 0 Å². The van der Waals surface area contributed by atoms with E-state index in [2.05, 4.69) is 13.8 Å². The molecule has 2 heteroatoms. The van der Waals surface area contributed by atoms with Gasteiger partial charge in [-0.1, -0.05) is 20.3 Å². The van der Waals surface area contributed by atoms with Crippen LogP contribution in [0.1, 0.15) is 33.1 Å². The third kappa shape index (κ3) is 6.06. The number of hydrogen-bond acceptors (Lipinski definition) is 1. The Labute approximate surface area is 61.3 Å². The maximum atomic E-state index is 5.08. The summed E-state index contributed by atoms with van der Waals surface area (Å²) in [6, 6.07) is 0. The van der Waals surface area contributed by atoms with Crippen molar-refractivity contribution in [2.24, 2.45) is 5.92 Å². The molecule has 0 aliphatic heterocycles. The van der Waals surface area contributed by atoms with Crippen LogP contribution in [0.3, 0.4) is 0 Å². The van der Waals surface area contributed by atoms with Crippen LogP contribution in [0.15, 0.2) is 0 Å². The summed E-state index contributed by atoms with van der Waals surface area (Å²) in [5, 5.41) is 0. The first kappa shape index (κ1) is 9.18. The highest BCUT2D eigenvalue weighted by molar-refractivity contribution is 5.97. The van der Waals surface area contributed by atoms with Gasteiger partial charge in [-0.25, -0.2) is 0 Å². The second-order valence-electron chi connectivity index (χ2n) is 2.65. The van der Waals surface area contributed by atoms with E-state index in [0.717, 1.165) is 23.0 Å². The molecular weight excluding hydrogens is 128 g/mol. The summed E-state index contributed by atoms with van der Waals surface area (Å²) in [5.74, 6) is 0.891. The molecule has 0 aromatic carbocycles. The van der Waals surface area contributed by atoms with Crippen molar-refractivity contribution in [1.82, 2.24) is 0 Å². The first-order valence-corrected chi connectivity index (χ1v) is 4.61. The van der Waals surface area contributed by atoms with Crippen LogP contribution in [0.2, 0.25) is 0 Å². The second-order valence-corrected chi connectivity index (χ2v) is 3.23. The lowest BCUT2D eigenvalue weighted by Crippen LogP contribution is -1.96. The van der Waals surface area contributed by atoms with Crippen molar-refractivity contribution in [1.29, 1.82) is 0 Å². The van der Waals surface area contributed by atoms with Gasteiger partial charge in [0.15, 0.2) is 0 Å². The summed E-state index contributed by atoms with van der Waals surface area (Å²) < 4.78 is 5.08. The Hall–Kier alpha value is 0.177. The van der Waals surface area contributed by atoms with Gasteiger partial charge in [-0.15, -0.1) is 0 Å². The highest BCUT2D eigenvalue weighted by atomic mass is 28.2. The van der Waals surface area contributed by atoms with Crippen molar-refractivity contribution in [2.75, 3.05) is 6.61 Å². The van der Waals surface area contributed by atoms with Crippen LogP contribution in [-0.2, 0) is 4.43 Å². The summed E-state index contributed by atoms with van der Waals surface area (Å²) in [6.45, 7) is 5.52. The maximum absolute atomic E-state index is 5.08. The largest absolute Gasteiger partial charge is 0.428 e. The molecule has 0 radical (unpaired) electrons. The summed E-state index contributed by atoms with van der Waals surface area (Å²) in [7, 11) is 0.901. The lowest BCUT2D eigenvalue weighted by Gasteiger charge is -2.06. The van der Waals surface area contributed by atoms with Crippen molar-refractivity contribution < 1.29 is 4.43 Å². The molecule has 0 amide bonds. The molecule has 0 saturated heterocycles. The van der Waals surface area contributed by atoms with Gasteiger partial charge in [0.2, 0.25) is 0 Å². The molecule has 1 nitrogen and oxygen atoms in total. The van der Waals surface area contributed by atoms with Gasteiger partial charge in [0, 0.05) is 6.61 Å². The van der Waals surface area contributed by atoms with Crippen molar-refractivity contribution in [3.63, 3.8) is 0 Å². The second kappa shape index (κ2) is 6.30. The Morgan fingerprint density at radius 3 is 2.67 bits per heavy atom. The summed E-state index contributed by atoms with van der Waals surface area (Å²) >= 11 is 0. The predicted molar refractivity (Wildman–Crippen MR) is 44.6 cm³/mol. The Bertz CT molecular complexity index is 56.9. The molecular formula is C7H18OSi. The Morgan fingerprint density at radius 1 is 1.56 bits per heavy atom. The molecule has 56 valence electrons. The van der Waals surface area contributed by atoms with E-state index in [0.29, 0.717) is 0 Å². The Kier molecular flexibility index (Phi) is 6.42. The summed E-state index contributed by atoms with van der Waals surface area (Å²) in [5.41, 5.74) is 0. The zero-order valence-corrected chi connectivity index (χ0v) is 8.81. The topological polar surface area (TPSA) is 9.23 Å². The number of hydrogen-bond donors (Lipinski definition) is 0. The van der Waals surface area contributed by atoms with Gasteiger partial charge in [-0.05, 0) is 18.8 Å². The fourth-order valence-electron chi connectivity index (χ4n) is 0.780. The van der Waals surface area contributed by atoms with Gasteiger partial charge in [0.1, 0.15) is 10.5 Å². The van der Waals surface area contributed by atoms with E-state index in [1.807, 2.05) is 0 Å². The van der Waals surface area contributed by atoms with Crippen LogP contribution in [0, 0.1) is 5.92 Å². The fraction of sp³-hybridized carbons (Fsp3) is 1.00. The monoisotopic (exact) mass is 146 g/mol. The van der Waals surface area contributed by atoms with Crippen molar-refractivity contribution in [2.45, 2.75) is 33.1 Å². The molecule has 0 aromatic rings. The molecule has 0 aromatic heterocycles. The van der Waals surface area contributed by atoms with Gasteiger partial charge in [-0.2, -0.15) is 0 Å². The van der Waals surface area contributed by atoms with E-state index in [1.165, 1.54) is 19.3 Å². The lowest BCUT2D eigenvalue weighted by molar-refractivity contribution is 0.319. The minimum Gasteiger partial charge on any atom is -0.428 e. The zero-order chi connectivity index (χ0) is 7.11. The van der Waals surface area contributed by atoms with E-state index in [-0.39, 0.29) is 0 Å². The molecule has 0 aliphatic carbocycles. The third-order valence-corrected chi connectivity index (χ3v) is 2.15. The Morgan fingerprint density at radius 2 is 2.22 bits per heavy atom. The molecule has 9 heavy (non-hydrogen) atoms. The van der Waals surface area contributed by atoms with E-state index < -0.39 is 0 Å². The van der Waals surface area contributed by atoms with E-state index >= 15 is 0 Å². The predicted octanol–water partition coefficient (Wildman–Crippen LogP) is 1.11. The maximum Gasteiger partial charge on any atom is 0.145 e. The molecule has 1 atom stereocenters. The quantitative estimate of drug-likeness (QED) is 0.417. The fourth-order valence-corrected chi connectivity index (χ4v) is 1.07. The highest BCUT2D eigenvalue weighted by Gasteiger charge is 1.95. The van der Waals surface area contributed by atoms with Gasteiger partial charge in [0.25, 0.3) is 0 Å². The molecule has 0 aliphatic rings. The normalized spacial score (nSPS) is 14.0. The van der Waals surface area contributed by atoms with Gasteiger partial charge < -0.3 is 4.43 Å². The number of rotatable bonds is 5. The van der Waals surface area contributed by atoms with Crippen LogP contribution in [0.25, 0.3) is 0 Å². The first-order valence-electron chi connectivity index (χ1n) is 3.80. The smallest absolute Gasteiger partial charge is 0.145 e. The van der Waals surface area contributed by atoms with Gasteiger partial charge in [-0.3, -0.25) is 0 Å². The van der Waals surface area contributed by atoms with Crippen LogP contribution in [-0.4, -0.2) is 17.1 Å². The first-order chi connectivity index (χ1) is 4.31. The van der Waals surface area contributed by atoms with Crippen molar-refractivity contribution in [3.05, 3.63) is 0 Å². The standard InChI is InChI=1S/C7H18OSi/c1-3-7(2)5-4-6-8-9/h7H,3-6H2,1-2,9H3. The average molecular weight is 146 g/mol. The van der Waals surface area contributed by atoms with Crippen molar-refractivity contribution in [3.8, 4) is 0 Å². The molecule has 0 bridgehead atoms. The Balaban J connectivity index is 2.88. The molecule has 0 saturated carbocycles. The highest BCUT2D eigenvalue weighted by Crippen LogP contribution is 2.08. The van der Waals surface area contributed by atoms with E-state index in [9.17, 15) is 0 Å². The zero-order valence-electron chi connectivity index (χ0n) is 6.81. The van der Waals surface area contributed by atoms with Gasteiger partial charge >= 0.3 is 0 Å². The molecule has 0 N–H and O–H groups in total. The molecule has 1 unspecified atom stereocenters. The third-order valence-electron chi connectivity index (χ3n) is 1.74. The molecule has 0 fully saturated rings. The SMILES string of the molecule is CCC(C)CCCO[SiH3]. The molecule has 0 heterocycles. The van der Waals surface area contributed by atoms with E-state index in [4.69, 9.17) is 4.43 Å². The minimum atomic E-state index is 0.891. The summed E-state index contributed by atoms with van der Waals surface area (Å²) in [6.07, 6.45) is 3.89. The van der Waals surface area contributed by atoms with Crippen LogP contribution in [0.4, 0.5) is 0 Å². The van der Waals surface area contributed by atoms with Crippen LogP contribution < -0.4 is 0 Å². The van der Waals surface area contributed by atoms with Crippen LogP contribution >= 0.6 is 0 Å². The molecule has 0 spiro atoms.